The number of carbonyl (C=O) groups is 2. The third-order valence-corrected chi connectivity index (χ3v) is 7.48. The Bertz CT molecular complexity index is 1640. The van der Waals surface area contributed by atoms with Crippen LogP contribution in [0.5, 0.6) is 0 Å². The number of thiazole rings is 1. The van der Waals surface area contributed by atoms with E-state index >= 15 is 0 Å². The highest BCUT2D eigenvalue weighted by atomic mass is 32.2. The van der Waals surface area contributed by atoms with E-state index in [1.807, 2.05) is 45.4 Å². The second kappa shape index (κ2) is 9.76. The second-order valence-electron chi connectivity index (χ2n) is 7.37. The molecule has 0 fully saturated rings. The summed E-state index contributed by atoms with van der Waals surface area (Å²) < 4.78 is 15.4. The molecular formula is C24H20N4O4S3. The van der Waals surface area contributed by atoms with Gasteiger partial charge in [0.15, 0.2) is 20.4 Å². The van der Waals surface area contributed by atoms with Crippen molar-refractivity contribution in [3.63, 3.8) is 0 Å². The summed E-state index contributed by atoms with van der Waals surface area (Å²) in [5.74, 6) is -0.569. The second-order valence-corrected chi connectivity index (χ2v) is 9.96. The van der Waals surface area contributed by atoms with Gasteiger partial charge in [-0.05, 0) is 62.5 Å². The molecular weight excluding hydrogens is 504 g/mol. The van der Waals surface area contributed by atoms with Gasteiger partial charge in [0.25, 0.3) is 0 Å². The first-order chi connectivity index (χ1) is 17.0. The molecule has 5 rings (SSSR count). The molecule has 0 radical (unpaired) electrons. The Hall–Kier alpha value is -3.28. The minimum absolute atomic E-state index is 0.118. The Kier molecular flexibility index (Phi) is 6.54. The Morgan fingerprint density at radius 1 is 1.00 bits per heavy atom. The average Bonchev–Trinajstić information content (AvgIpc) is 3.40. The summed E-state index contributed by atoms with van der Waals surface area (Å²) >= 11 is 8.43. The topological polar surface area (TPSA) is 87.7 Å². The predicted octanol–water partition coefficient (Wildman–Crippen LogP) is 5.45. The van der Waals surface area contributed by atoms with Crippen molar-refractivity contribution in [3.8, 4) is 5.69 Å². The van der Waals surface area contributed by atoms with Gasteiger partial charge in [-0.1, -0.05) is 35.2 Å². The van der Waals surface area contributed by atoms with Crippen LogP contribution in [0.1, 0.15) is 24.2 Å². The molecule has 2 aromatic carbocycles. The molecule has 0 aliphatic rings. The van der Waals surface area contributed by atoms with Gasteiger partial charge < -0.3 is 9.47 Å². The largest absolute Gasteiger partial charge is 0.465 e. The van der Waals surface area contributed by atoms with E-state index in [4.69, 9.17) is 31.7 Å². The fourth-order valence-corrected chi connectivity index (χ4v) is 5.89. The Morgan fingerprint density at radius 3 is 2.49 bits per heavy atom. The van der Waals surface area contributed by atoms with Crippen molar-refractivity contribution in [1.82, 2.24) is 18.9 Å². The maximum absolute atomic E-state index is 12.1. The molecule has 0 spiro atoms. The maximum atomic E-state index is 12.1. The molecule has 5 aromatic rings. The summed E-state index contributed by atoms with van der Waals surface area (Å²) in [7, 11) is 0. The number of fused-ring (bicyclic) bond motifs is 5. The Labute approximate surface area is 213 Å². The summed E-state index contributed by atoms with van der Waals surface area (Å²) in [5, 5.41) is 0.610. The van der Waals surface area contributed by atoms with Crippen LogP contribution < -0.4 is 0 Å². The van der Waals surface area contributed by atoms with Gasteiger partial charge in [0.2, 0.25) is 0 Å². The maximum Gasteiger partial charge on any atom is 0.338 e. The number of carbonyl (C=O) groups excluding carboxylic acids is 2. The first-order valence-electron chi connectivity index (χ1n) is 10.9. The SMILES string of the molecule is CCOC(=O)CSc1nc2c(sc(=S)n2-c2ccc(C(=O)OCC)cc2)c2nc3ccccc3n12. The van der Waals surface area contributed by atoms with Gasteiger partial charge in [0, 0.05) is 5.69 Å². The molecule has 0 amide bonds. The van der Waals surface area contributed by atoms with Crippen LogP contribution in [0.25, 0.3) is 32.7 Å². The summed E-state index contributed by atoms with van der Waals surface area (Å²) in [6, 6.07) is 14.8. The van der Waals surface area contributed by atoms with E-state index in [1.165, 1.54) is 23.1 Å². The monoisotopic (exact) mass is 524 g/mol. The van der Waals surface area contributed by atoms with Crippen molar-refractivity contribution in [2.75, 3.05) is 19.0 Å². The van der Waals surface area contributed by atoms with Crippen molar-refractivity contribution in [2.24, 2.45) is 0 Å². The highest BCUT2D eigenvalue weighted by molar-refractivity contribution is 7.99. The van der Waals surface area contributed by atoms with Crippen LogP contribution in [0.15, 0.2) is 53.7 Å². The molecule has 11 heteroatoms. The lowest BCUT2D eigenvalue weighted by atomic mass is 10.2. The molecule has 0 aliphatic heterocycles. The fraction of sp³-hybridized carbons (Fsp3) is 0.208. The van der Waals surface area contributed by atoms with Crippen LogP contribution in [-0.2, 0) is 14.3 Å². The number of nitrogens with zero attached hydrogens (tertiary/aromatic N) is 4. The van der Waals surface area contributed by atoms with Crippen LogP contribution in [0.3, 0.4) is 0 Å². The van der Waals surface area contributed by atoms with Gasteiger partial charge in [-0.2, -0.15) is 0 Å². The lowest BCUT2D eigenvalue weighted by Gasteiger charge is -2.09. The van der Waals surface area contributed by atoms with Crippen molar-refractivity contribution < 1.29 is 19.1 Å². The highest BCUT2D eigenvalue weighted by Gasteiger charge is 2.20. The number of esters is 2. The summed E-state index contributed by atoms with van der Waals surface area (Å²) in [6.45, 7) is 4.18. The third kappa shape index (κ3) is 4.30. The molecule has 3 heterocycles. The van der Waals surface area contributed by atoms with Gasteiger partial charge in [-0.3, -0.25) is 13.8 Å². The zero-order valence-electron chi connectivity index (χ0n) is 18.9. The number of hydrogen-bond acceptors (Lipinski definition) is 9. The molecule has 0 N–H and O–H groups in total. The quantitative estimate of drug-likeness (QED) is 0.120. The van der Waals surface area contributed by atoms with Crippen LogP contribution >= 0.6 is 35.3 Å². The van der Waals surface area contributed by atoms with E-state index < -0.39 is 0 Å². The normalized spacial score (nSPS) is 11.4. The van der Waals surface area contributed by atoms with Crippen molar-refractivity contribution >= 4 is 74.3 Å². The van der Waals surface area contributed by atoms with Crippen molar-refractivity contribution in [3.05, 3.63) is 58.0 Å². The molecule has 0 saturated carbocycles. The number of thioether (sulfide) groups is 1. The first-order valence-corrected chi connectivity index (χ1v) is 13.1. The van der Waals surface area contributed by atoms with Gasteiger partial charge in [-0.25, -0.2) is 14.8 Å². The van der Waals surface area contributed by atoms with Crippen LogP contribution in [0.2, 0.25) is 0 Å². The number of benzene rings is 2. The van der Waals surface area contributed by atoms with E-state index in [1.54, 1.807) is 26.0 Å². The molecule has 35 heavy (non-hydrogen) atoms. The van der Waals surface area contributed by atoms with E-state index in [-0.39, 0.29) is 17.7 Å². The molecule has 8 nitrogen and oxygen atoms in total. The summed E-state index contributed by atoms with van der Waals surface area (Å²) in [5.41, 5.74) is 4.31. The lowest BCUT2D eigenvalue weighted by Crippen LogP contribution is -2.08. The van der Waals surface area contributed by atoms with Gasteiger partial charge in [-0.15, -0.1) is 0 Å². The van der Waals surface area contributed by atoms with Crippen molar-refractivity contribution in [1.29, 1.82) is 0 Å². The number of para-hydroxylation sites is 2. The molecule has 0 bridgehead atoms. The van der Waals surface area contributed by atoms with Gasteiger partial charge in [0.05, 0.1) is 35.6 Å². The van der Waals surface area contributed by atoms with Gasteiger partial charge in [0.1, 0.15) is 4.70 Å². The minimum atomic E-state index is -0.376. The smallest absolute Gasteiger partial charge is 0.338 e. The van der Waals surface area contributed by atoms with Crippen molar-refractivity contribution in [2.45, 2.75) is 19.0 Å². The standard InChI is InChI=1S/C24H20N4O4S3/c1-3-31-18(29)13-34-23-26-21-19(20-25-16-7-5-6-8-17(16)28(20)23)35-24(33)27(21)15-11-9-14(10-12-15)22(30)32-4-2/h5-12H,3-4,13H2,1-2H3. The summed E-state index contributed by atoms with van der Waals surface area (Å²) in [6.07, 6.45) is 0. The number of hydrogen-bond donors (Lipinski definition) is 0. The number of imidazole rings is 1. The van der Waals surface area contributed by atoms with E-state index in [2.05, 4.69) is 0 Å². The fourth-order valence-electron chi connectivity index (χ4n) is 3.74. The number of aromatic nitrogens is 4. The molecule has 0 saturated heterocycles. The van der Waals surface area contributed by atoms with E-state index in [9.17, 15) is 9.59 Å². The predicted molar refractivity (Wildman–Crippen MR) is 139 cm³/mol. The number of ether oxygens (including phenoxy) is 2. The molecule has 0 atom stereocenters. The van der Waals surface area contributed by atoms with Crippen LogP contribution in [-0.4, -0.2) is 49.8 Å². The molecule has 178 valence electrons. The third-order valence-electron chi connectivity index (χ3n) is 5.20. The van der Waals surface area contributed by atoms with E-state index in [0.29, 0.717) is 33.5 Å². The van der Waals surface area contributed by atoms with Crippen LogP contribution in [0.4, 0.5) is 0 Å². The first kappa shape index (κ1) is 23.5. The molecule has 0 aliphatic carbocycles. The summed E-state index contributed by atoms with van der Waals surface area (Å²) in [4.78, 5) is 33.9. The number of rotatable bonds is 7. The highest BCUT2D eigenvalue weighted by Crippen LogP contribution is 2.34. The zero-order chi connectivity index (χ0) is 24.5. The Balaban J connectivity index is 1.69. The minimum Gasteiger partial charge on any atom is -0.465 e. The van der Waals surface area contributed by atoms with E-state index in [0.717, 1.165) is 27.1 Å². The Morgan fingerprint density at radius 2 is 1.74 bits per heavy atom. The molecule has 0 unspecified atom stereocenters. The zero-order valence-corrected chi connectivity index (χ0v) is 21.3. The lowest BCUT2D eigenvalue weighted by molar-refractivity contribution is -0.139. The van der Waals surface area contributed by atoms with Crippen LogP contribution in [0, 0.1) is 3.95 Å². The average molecular weight is 525 g/mol. The molecule has 3 aromatic heterocycles. The van der Waals surface area contributed by atoms with Gasteiger partial charge >= 0.3 is 11.9 Å².